The number of aryl methyl sites for hydroxylation is 1. The molecule has 4 rings (SSSR count). The van der Waals surface area contributed by atoms with Crippen molar-refractivity contribution in [2.75, 3.05) is 11.9 Å². The highest BCUT2D eigenvalue weighted by molar-refractivity contribution is 9.10. The van der Waals surface area contributed by atoms with Crippen molar-refractivity contribution < 1.29 is 24.2 Å². The number of aliphatic carboxylic acids is 1. The van der Waals surface area contributed by atoms with Gasteiger partial charge in [0.25, 0.3) is 0 Å². The Morgan fingerprint density at radius 3 is 2.29 bits per heavy atom. The maximum Gasteiger partial charge on any atom is 0.407 e. The van der Waals surface area contributed by atoms with Crippen molar-refractivity contribution in [2.24, 2.45) is 0 Å². The Morgan fingerprint density at radius 1 is 1.09 bits per heavy atom. The Hall–Kier alpha value is -3.72. The Balaban J connectivity index is 1.43. The third-order valence-corrected chi connectivity index (χ3v) is 6.05. The third kappa shape index (κ3) is 5.09. The van der Waals surface area contributed by atoms with E-state index in [1.165, 1.54) is 6.20 Å². The lowest BCUT2D eigenvalue weighted by molar-refractivity contribution is -0.139. The summed E-state index contributed by atoms with van der Waals surface area (Å²) in [6.45, 7) is 1.80. The summed E-state index contributed by atoms with van der Waals surface area (Å²) in [5, 5.41) is 14.2. The van der Waals surface area contributed by atoms with Gasteiger partial charge >= 0.3 is 12.1 Å². The van der Waals surface area contributed by atoms with Gasteiger partial charge in [-0.15, -0.1) is 0 Å². The smallest absolute Gasteiger partial charge is 0.407 e. The predicted octanol–water partition coefficient (Wildman–Crippen LogP) is 4.47. The van der Waals surface area contributed by atoms with E-state index in [9.17, 15) is 19.5 Å². The van der Waals surface area contributed by atoms with E-state index < -0.39 is 30.4 Å². The van der Waals surface area contributed by atoms with E-state index in [1.54, 1.807) is 13.0 Å². The summed E-state index contributed by atoms with van der Waals surface area (Å²) in [6.07, 6.45) is 0.0306. The number of fused-ring (bicyclic) bond motifs is 3. The molecule has 1 unspecified atom stereocenters. The Kier molecular flexibility index (Phi) is 6.93. The van der Waals surface area contributed by atoms with E-state index in [0.29, 0.717) is 5.56 Å². The zero-order valence-electron chi connectivity index (χ0n) is 18.2. The summed E-state index contributed by atoms with van der Waals surface area (Å²) >= 11 is 3.30. The average molecular weight is 524 g/mol. The molecule has 0 saturated carbocycles. The number of hydrogen-bond acceptors (Lipinski definition) is 5. The third-order valence-electron chi connectivity index (χ3n) is 5.62. The number of rotatable bonds is 7. The molecule has 34 heavy (non-hydrogen) atoms. The SMILES string of the molecule is Cc1cc(Br)cnc1NC(=O)C(CC(=O)O)NC(=O)OCC1c2ccccc2-c2ccccc21. The molecular formula is C25H22BrN3O5. The lowest BCUT2D eigenvalue weighted by atomic mass is 9.98. The standard InChI is InChI=1S/C25H22BrN3O5/c1-14-10-15(26)12-27-23(14)29-24(32)21(11-22(30)31)28-25(33)34-13-20-18-8-4-2-6-16(18)17-7-3-5-9-19(17)20/h2-10,12,20-21H,11,13H2,1H3,(H,28,33)(H,30,31)(H,27,29,32). The van der Waals surface area contributed by atoms with E-state index in [2.05, 4.69) is 31.5 Å². The molecule has 3 N–H and O–H groups in total. The number of aromatic nitrogens is 1. The van der Waals surface area contributed by atoms with E-state index in [1.807, 2.05) is 48.5 Å². The molecule has 0 spiro atoms. The van der Waals surface area contributed by atoms with Crippen LogP contribution in [-0.4, -0.2) is 40.7 Å². The molecule has 8 nitrogen and oxygen atoms in total. The topological polar surface area (TPSA) is 118 Å². The van der Waals surface area contributed by atoms with Crippen LogP contribution >= 0.6 is 15.9 Å². The second-order valence-corrected chi connectivity index (χ2v) is 8.84. The fraction of sp³-hybridized carbons (Fsp3) is 0.200. The highest BCUT2D eigenvalue weighted by Gasteiger charge is 2.30. The molecule has 0 radical (unpaired) electrons. The first-order valence-corrected chi connectivity index (χ1v) is 11.4. The summed E-state index contributed by atoms with van der Waals surface area (Å²) in [7, 11) is 0. The number of carbonyl (C=O) groups is 3. The van der Waals surface area contributed by atoms with Crippen LogP contribution in [-0.2, 0) is 14.3 Å². The quantitative estimate of drug-likeness (QED) is 0.420. The molecule has 1 heterocycles. The number of benzene rings is 2. The van der Waals surface area contributed by atoms with Gasteiger partial charge in [-0.2, -0.15) is 0 Å². The van der Waals surface area contributed by atoms with Gasteiger partial charge in [0, 0.05) is 16.6 Å². The van der Waals surface area contributed by atoms with Crippen molar-refractivity contribution in [1.82, 2.24) is 10.3 Å². The van der Waals surface area contributed by atoms with Gasteiger partial charge in [0.15, 0.2) is 0 Å². The molecule has 174 valence electrons. The highest BCUT2D eigenvalue weighted by Crippen LogP contribution is 2.44. The predicted molar refractivity (Wildman–Crippen MR) is 130 cm³/mol. The molecule has 1 aliphatic carbocycles. The van der Waals surface area contributed by atoms with Crippen molar-refractivity contribution >= 4 is 39.7 Å². The minimum atomic E-state index is -1.34. The van der Waals surface area contributed by atoms with Crippen LogP contribution in [0.5, 0.6) is 0 Å². The fourth-order valence-corrected chi connectivity index (χ4v) is 4.49. The number of carbonyl (C=O) groups excluding carboxylic acids is 2. The maximum atomic E-state index is 12.7. The number of amides is 2. The van der Waals surface area contributed by atoms with Gasteiger partial charge in [-0.25, -0.2) is 9.78 Å². The molecule has 1 aliphatic rings. The molecule has 0 aliphatic heterocycles. The molecule has 0 saturated heterocycles. The van der Waals surface area contributed by atoms with E-state index in [0.717, 1.165) is 26.7 Å². The van der Waals surface area contributed by atoms with Gasteiger partial charge in [-0.1, -0.05) is 48.5 Å². The van der Waals surface area contributed by atoms with E-state index in [-0.39, 0.29) is 18.3 Å². The van der Waals surface area contributed by atoms with Crippen molar-refractivity contribution in [1.29, 1.82) is 0 Å². The first-order valence-electron chi connectivity index (χ1n) is 10.6. The number of carboxylic acid groups (broad SMARTS) is 1. The number of nitrogens with one attached hydrogen (secondary N) is 2. The number of hydrogen-bond donors (Lipinski definition) is 3. The first kappa shape index (κ1) is 23.4. The normalized spacial score (nSPS) is 12.9. The van der Waals surface area contributed by atoms with Gasteiger partial charge in [0.2, 0.25) is 5.91 Å². The van der Waals surface area contributed by atoms with Crippen molar-refractivity contribution in [3.8, 4) is 11.1 Å². The molecule has 3 aromatic rings. The van der Waals surface area contributed by atoms with Crippen molar-refractivity contribution in [2.45, 2.75) is 25.3 Å². The monoisotopic (exact) mass is 523 g/mol. The zero-order valence-corrected chi connectivity index (χ0v) is 19.8. The summed E-state index contributed by atoms with van der Waals surface area (Å²) in [5.41, 5.74) is 4.96. The van der Waals surface area contributed by atoms with Crippen LogP contribution in [0.1, 0.15) is 29.0 Å². The van der Waals surface area contributed by atoms with Crippen LogP contribution in [0.4, 0.5) is 10.6 Å². The van der Waals surface area contributed by atoms with Gasteiger partial charge in [0.05, 0.1) is 6.42 Å². The second kappa shape index (κ2) is 10.0. The molecule has 2 aromatic carbocycles. The molecule has 0 fully saturated rings. The molecular weight excluding hydrogens is 502 g/mol. The van der Waals surface area contributed by atoms with Crippen LogP contribution in [0.2, 0.25) is 0 Å². The average Bonchev–Trinajstić information content (AvgIpc) is 3.12. The summed E-state index contributed by atoms with van der Waals surface area (Å²) in [6, 6.07) is 16.3. The Labute approximate surface area is 204 Å². The lowest BCUT2D eigenvalue weighted by Gasteiger charge is -2.19. The number of ether oxygens (including phenoxy) is 1. The molecule has 2 amide bonds. The largest absolute Gasteiger partial charge is 0.481 e. The maximum absolute atomic E-state index is 12.7. The fourth-order valence-electron chi connectivity index (χ4n) is 4.04. The number of pyridine rings is 1. The second-order valence-electron chi connectivity index (χ2n) is 7.93. The van der Waals surface area contributed by atoms with Gasteiger partial charge in [-0.05, 0) is 56.7 Å². The highest BCUT2D eigenvalue weighted by atomic mass is 79.9. The zero-order chi connectivity index (χ0) is 24.2. The number of halogens is 1. The summed E-state index contributed by atoms with van der Waals surface area (Å²) in [5.74, 6) is -1.81. The first-order chi connectivity index (χ1) is 16.3. The van der Waals surface area contributed by atoms with E-state index >= 15 is 0 Å². The molecule has 9 heteroatoms. The minimum Gasteiger partial charge on any atom is -0.481 e. The van der Waals surface area contributed by atoms with Crippen molar-refractivity contribution in [3.05, 3.63) is 82.0 Å². The lowest BCUT2D eigenvalue weighted by Crippen LogP contribution is -2.45. The minimum absolute atomic E-state index is 0.0502. The van der Waals surface area contributed by atoms with E-state index in [4.69, 9.17) is 4.74 Å². The Morgan fingerprint density at radius 2 is 1.71 bits per heavy atom. The van der Waals surface area contributed by atoms with Gasteiger partial charge in [-0.3, -0.25) is 9.59 Å². The van der Waals surface area contributed by atoms with Crippen LogP contribution < -0.4 is 10.6 Å². The van der Waals surface area contributed by atoms with Gasteiger partial charge < -0.3 is 20.5 Å². The Bertz CT molecular complexity index is 1220. The molecule has 1 aromatic heterocycles. The summed E-state index contributed by atoms with van der Waals surface area (Å²) in [4.78, 5) is 40.7. The van der Waals surface area contributed by atoms with Crippen molar-refractivity contribution in [3.63, 3.8) is 0 Å². The molecule has 0 bridgehead atoms. The van der Waals surface area contributed by atoms with Crippen LogP contribution in [0.15, 0.2) is 65.3 Å². The van der Waals surface area contributed by atoms with Crippen LogP contribution in [0.25, 0.3) is 11.1 Å². The molecule has 1 atom stereocenters. The van der Waals surface area contributed by atoms with Crippen LogP contribution in [0.3, 0.4) is 0 Å². The number of nitrogens with zero attached hydrogens (tertiary/aromatic N) is 1. The summed E-state index contributed by atoms with van der Waals surface area (Å²) < 4.78 is 6.18. The number of carboxylic acids is 1. The number of alkyl carbamates (subject to hydrolysis) is 1. The van der Waals surface area contributed by atoms with Crippen LogP contribution in [0, 0.1) is 6.92 Å². The van der Waals surface area contributed by atoms with Gasteiger partial charge in [0.1, 0.15) is 18.5 Å². The number of anilines is 1.